The van der Waals surface area contributed by atoms with E-state index in [-0.39, 0.29) is 0 Å². The fraction of sp³-hybridized carbons (Fsp3) is 0.400. The number of aryl methyl sites for hydroxylation is 1. The van der Waals surface area contributed by atoms with Crippen molar-refractivity contribution in [3.05, 3.63) is 23.8 Å². The van der Waals surface area contributed by atoms with Crippen LogP contribution in [0.5, 0.6) is 0 Å². The van der Waals surface area contributed by atoms with Crippen LogP contribution < -0.4 is 10.5 Å². The monoisotopic (exact) mass is 196 g/mol. The van der Waals surface area contributed by atoms with Gasteiger partial charge in [0.25, 0.3) is 0 Å². The van der Waals surface area contributed by atoms with E-state index in [0.29, 0.717) is 0 Å². The second kappa shape index (κ2) is 5.02. The summed E-state index contributed by atoms with van der Waals surface area (Å²) in [6, 6.07) is 5.92. The van der Waals surface area contributed by atoms with Crippen molar-refractivity contribution >= 4 is 23.3 Å². The predicted molar refractivity (Wildman–Crippen MR) is 62.0 cm³/mol. The number of nitrogen functional groups attached to an aromatic ring is 1. The van der Waals surface area contributed by atoms with E-state index in [2.05, 4.69) is 18.6 Å². The first-order valence-electron chi connectivity index (χ1n) is 4.48. The average Bonchev–Trinajstić information content (AvgIpc) is 2.11. The Hall–Kier alpha value is -0.830. The number of hydrogen-bond acceptors (Lipinski definition) is 3. The molecule has 3 heteroatoms. The average molecular weight is 196 g/mol. The summed E-state index contributed by atoms with van der Waals surface area (Å²) in [5.41, 5.74) is 8.85. The highest BCUT2D eigenvalue weighted by Gasteiger charge is 1.97. The standard InChI is InChI=1S/C10H16N2S/c1-3-6-13-12-10-7-9(11)5-4-8(10)2/h4-5,7,12H,3,6,11H2,1-2H3. The molecule has 0 radical (unpaired) electrons. The highest BCUT2D eigenvalue weighted by atomic mass is 32.2. The van der Waals surface area contributed by atoms with Crippen LogP contribution >= 0.6 is 11.9 Å². The molecule has 1 rings (SSSR count). The molecule has 3 N–H and O–H groups in total. The van der Waals surface area contributed by atoms with Crippen LogP contribution in [0.25, 0.3) is 0 Å². The maximum absolute atomic E-state index is 5.68. The number of rotatable bonds is 4. The van der Waals surface area contributed by atoms with Gasteiger partial charge >= 0.3 is 0 Å². The molecule has 0 unspecified atom stereocenters. The van der Waals surface area contributed by atoms with Crippen LogP contribution in [0.2, 0.25) is 0 Å². The summed E-state index contributed by atoms with van der Waals surface area (Å²) >= 11 is 1.72. The Kier molecular flexibility index (Phi) is 3.96. The molecule has 0 amide bonds. The Bertz CT molecular complexity index is 274. The van der Waals surface area contributed by atoms with Crippen molar-refractivity contribution in [3.8, 4) is 0 Å². The zero-order valence-electron chi connectivity index (χ0n) is 8.13. The summed E-state index contributed by atoms with van der Waals surface area (Å²) in [5, 5.41) is 0. The quantitative estimate of drug-likeness (QED) is 0.441. The molecule has 0 aliphatic heterocycles. The first-order chi connectivity index (χ1) is 6.24. The van der Waals surface area contributed by atoms with Gasteiger partial charge in [-0.25, -0.2) is 0 Å². The van der Waals surface area contributed by atoms with E-state index in [4.69, 9.17) is 5.73 Å². The molecule has 2 nitrogen and oxygen atoms in total. The summed E-state index contributed by atoms with van der Waals surface area (Å²) < 4.78 is 3.29. The molecule has 13 heavy (non-hydrogen) atoms. The van der Waals surface area contributed by atoms with E-state index in [1.54, 1.807) is 11.9 Å². The first-order valence-corrected chi connectivity index (χ1v) is 5.46. The lowest BCUT2D eigenvalue weighted by atomic mass is 10.2. The molecule has 0 aromatic heterocycles. The van der Waals surface area contributed by atoms with Crippen LogP contribution in [-0.4, -0.2) is 5.75 Å². The van der Waals surface area contributed by atoms with Crippen LogP contribution in [-0.2, 0) is 0 Å². The third-order valence-corrected chi connectivity index (χ3v) is 2.73. The Morgan fingerprint density at radius 2 is 2.23 bits per heavy atom. The lowest BCUT2D eigenvalue weighted by Crippen LogP contribution is -1.93. The van der Waals surface area contributed by atoms with Gasteiger partial charge in [-0.1, -0.05) is 24.9 Å². The number of benzene rings is 1. The summed E-state index contributed by atoms with van der Waals surface area (Å²) in [4.78, 5) is 0. The SMILES string of the molecule is CCCSNc1cc(N)ccc1C. The largest absolute Gasteiger partial charge is 0.399 e. The molecule has 1 aromatic carbocycles. The second-order valence-corrected chi connectivity index (χ2v) is 3.93. The van der Waals surface area contributed by atoms with E-state index in [1.165, 1.54) is 12.0 Å². The molecular formula is C10H16N2S. The lowest BCUT2D eigenvalue weighted by molar-refractivity contribution is 1.11. The van der Waals surface area contributed by atoms with Crippen LogP contribution in [0.1, 0.15) is 18.9 Å². The fourth-order valence-electron chi connectivity index (χ4n) is 0.980. The molecule has 72 valence electrons. The van der Waals surface area contributed by atoms with Crippen molar-refractivity contribution < 1.29 is 0 Å². The van der Waals surface area contributed by atoms with Gasteiger partial charge in [0.15, 0.2) is 0 Å². The molecule has 0 fully saturated rings. The maximum Gasteiger partial charge on any atom is 0.0489 e. The van der Waals surface area contributed by atoms with Crippen molar-refractivity contribution in [3.63, 3.8) is 0 Å². The molecule has 1 aromatic rings. The minimum atomic E-state index is 0.810. The maximum atomic E-state index is 5.68. The molecule has 0 saturated carbocycles. The summed E-state index contributed by atoms with van der Waals surface area (Å²) in [7, 11) is 0. The number of hydrogen-bond donors (Lipinski definition) is 2. The molecule has 0 bridgehead atoms. The Morgan fingerprint density at radius 3 is 2.92 bits per heavy atom. The van der Waals surface area contributed by atoms with Crippen molar-refractivity contribution in [2.24, 2.45) is 0 Å². The first kappa shape index (κ1) is 10.3. The van der Waals surface area contributed by atoms with Crippen LogP contribution in [0.3, 0.4) is 0 Å². The van der Waals surface area contributed by atoms with Crippen molar-refractivity contribution in [2.45, 2.75) is 20.3 Å². The van der Waals surface area contributed by atoms with E-state index in [0.717, 1.165) is 17.1 Å². The third-order valence-electron chi connectivity index (χ3n) is 1.75. The van der Waals surface area contributed by atoms with Gasteiger partial charge in [-0.15, -0.1) is 0 Å². The van der Waals surface area contributed by atoms with Gasteiger partial charge in [0.05, 0.1) is 0 Å². The summed E-state index contributed by atoms with van der Waals surface area (Å²) in [6.45, 7) is 4.25. The van der Waals surface area contributed by atoms with Crippen molar-refractivity contribution in [1.29, 1.82) is 0 Å². The molecule has 0 heterocycles. The van der Waals surface area contributed by atoms with Crippen LogP contribution in [0.15, 0.2) is 18.2 Å². The van der Waals surface area contributed by atoms with Gasteiger partial charge in [0.2, 0.25) is 0 Å². The van der Waals surface area contributed by atoms with Crippen molar-refractivity contribution in [1.82, 2.24) is 0 Å². The lowest BCUT2D eigenvalue weighted by Gasteiger charge is -2.08. The Morgan fingerprint density at radius 1 is 1.46 bits per heavy atom. The van der Waals surface area contributed by atoms with Gasteiger partial charge < -0.3 is 10.5 Å². The predicted octanol–water partition coefficient (Wildman–Crippen LogP) is 3.05. The van der Waals surface area contributed by atoms with E-state index in [1.807, 2.05) is 18.2 Å². The third kappa shape index (κ3) is 3.19. The van der Waals surface area contributed by atoms with Crippen molar-refractivity contribution in [2.75, 3.05) is 16.2 Å². The molecule has 0 spiro atoms. The summed E-state index contributed by atoms with van der Waals surface area (Å²) in [5.74, 6) is 1.12. The number of anilines is 2. The van der Waals surface area contributed by atoms with Gasteiger partial charge in [-0.2, -0.15) is 0 Å². The Balaban J connectivity index is 2.59. The topological polar surface area (TPSA) is 38.0 Å². The molecule has 0 saturated heterocycles. The highest BCUT2D eigenvalue weighted by Crippen LogP contribution is 2.21. The van der Waals surface area contributed by atoms with Crippen LogP contribution in [0.4, 0.5) is 11.4 Å². The highest BCUT2D eigenvalue weighted by molar-refractivity contribution is 8.00. The molecular weight excluding hydrogens is 180 g/mol. The molecule has 0 atom stereocenters. The smallest absolute Gasteiger partial charge is 0.0489 e. The zero-order chi connectivity index (χ0) is 9.68. The van der Waals surface area contributed by atoms with Gasteiger partial charge in [-0.05, 0) is 31.0 Å². The van der Waals surface area contributed by atoms with E-state index in [9.17, 15) is 0 Å². The minimum Gasteiger partial charge on any atom is -0.399 e. The normalized spacial score (nSPS) is 10.0. The zero-order valence-corrected chi connectivity index (χ0v) is 8.95. The minimum absolute atomic E-state index is 0.810. The van der Waals surface area contributed by atoms with Gasteiger partial charge in [0, 0.05) is 17.1 Å². The molecule has 0 aliphatic carbocycles. The second-order valence-electron chi connectivity index (χ2n) is 3.02. The van der Waals surface area contributed by atoms with E-state index < -0.39 is 0 Å². The Labute approximate surface area is 84.0 Å². The molecule has 0 aliphatic rings. The van der Waals surface area contributed by atoms with Gasteiger partial charge in [0.1, 0.15) is 0 Å². The van der Waals surface area contributed by atoms with E-state index >= 15 is 0 Å². The fourth-order valence-corrected chi connectivity index (χ4v) is 1.66. The van der Waals surface area contributed by atoms with Gasteiger partial charge in [-0.3, -0.25) is 0 Å². The number of nitrogens with one attached hydrogen (secondary N) is 1. The van der Waals surface area contributed by atoms with Crippen LogP contribution in [0, 0.1) is 6.92 Å². The summed E-state index contributed by atoms with van der Waals surface area (Å²) in [6.07, 6.45) is 1.18. The number of nitrogens with two attached hydrogens (primary N) is 1.